The molecule has 2 amide bonds. The molecule has 202 valence electrons. The maximum Gasteiger partial charge on any atom is 0.412 e. The van der Waals surface area contributed by atoms with Gasteiger partial charge in [-0.15, -0.1) is 0 Å². The molecule has 0 saturated heterocycles. The first-order valence-corrected chi connectivity index (χ1v) is 14.0. The van der Waals surface area contributed by atoms with Crippen LogP contribution in [0.3, 0.4) is 0 Å². The van der Waals surface area contributed by atoms with Gasteiger partial charge in [-0.2, -0.15) is 8.42 Å². The smallest absolute Gasteiger partial charge is 0.412 e. The summed E-state index contributed by atoms with van der Waals surface area (Å²) in [5.74, 6) is -0.481. The highest BCUT2D eigenvalue weighted by Crippen LogP contribution is 2.47. The fourth-order valence-corrected chi connectivity index (χ4v) is 4.82. The average molecular weight is 541 g/mol. The number of hydrogen-bond acceptors (Lipinski definition) is 8. The number of nitrogens with zero attached hydrogens (tertiary/aromatic N) is 2. The van der Waals surface area contributed by atoms with Crippen LogP contribution in [0, 0.1) is 24.7 Å². The molecule has 4 rings (SSSR count). The number of fused-ring (bicyclic) bond motifs is 1. The summed E-state index contributed by atoms with van der Waals surface area (Å²) in [6, 6.07) is 7.42. The Kier molecular flexibility index (Phi) is 7.44. The minimum absolute atomic E-state index is 0.0120. The number of carbonyl (C=O) groups excluding carboxylic acids is 2. The van der Waals surface area contributed by atoms with Crippen LogP contribution < -0.4 is 10.6 Å². The van der Waals surface area contributed by atoms with Crippen molar-refractivity contribution < 1.29 is 26.9 Å². The molecule has 10 nitrogen and oxygen atoms in total. The van der Waals surface area contributed by atoms with Crippen LogP contribution >= 0.6 is 0 Å². The van der Waals surface area contributed by atoms with E-state index in [1.807, 2.05) is 32.0 Å². The molecule has 1 unspecified atom stereocenters. The van der Waals surface area contributed by atoms with E-state index >= 15 is 0 Å². The van der Waals surface area contributed by atoms with Gasteiger partial charge in [0.15, 0.2) is 0 Å². The van der Waals surface area contributed by atoms with Crippen LogP contribution in [-0.4, -0.2) is 48.8 Å². The maximum atomic E-state index is 12.9. The number of hydrogen-bond donors (Lipinski definition) is 2. The monoisotopic (exact) mass is 540 g/mol. The third kappa shape index (κ3) is 6.65. The summed E-state index contributed by atoms with van der Waals surface area (Å²) in [6.45, 7) is 9.18. The molecule has 0 radical (unpaired) electrons. The molecule has 1 saturated carbocycles. The zero-order chi connectivity index (χ0) is 27.8. The summed E-state index contributed by atoms with van der Waals surface area (Å²) in [5.41, 5.74) is 2.57. The molecule has 0 spiro atoms. The molecular formula is C27H32N4O6S. The molecule has 1 aromatic carbocycles. The number of benzene rings is 1. The summed E-state index contributed by atoms with van der Waals surface area (Å²) >= 11 is 0. The van der Waals surface area contributed by atoms with Crippen LogP contribution in [0.2, 0.25) is 0 Å². The van der Waals surface area contributed by atoms with E-state index in [4.69, 9.17) is 8.92 Å². The van der Waals surface area contributed by atoms with Gasteiger partial charge in [0.05, 0.1) is 18.6 Å². The number of rotatable bonds is 7. The summed E-state index contributed by atoms with van der Waals surface area (Å²) in [5, 5.41) is 7.07. The Bertz CT molecular complexity index is 1500. The Hall–Kier alpha value is -3.57. The summed E-state index contributed by atoms with van der Waals surface area (Å²) in [7, 11) is -3.58. The van der Waals surface area contributed by atoms with E-state index in [1.165, 1.54) is 0 Å². The van der Waals surface area contributed by atoms with E-state index in [0.717, 1.165) is 28.3 Å². The highest BCUT2D eigenvalue weighted by atomic mass is 32.2. The van der Waals surface area contributed by atoms with Gasteiger partial charge < -0.3 is 10.1 Å². The largest absolute Gasteiger partial charge is 0.444 e. The van der Waals surface area contributed by atoms with Crippen LogP contribution in [-0.2, 0) is 23.8 Å². The molecule has 11 heteroatoms. The zero-order valence-electron chi connectivity index (χ0n) is 22.2. The molecular weight excluding hydrogens is 508 g/mol. The number of aromatic nitrogens is 2. The topological polar surface area (TPSA) is 137 Å². The van der Waals surface area contributed by atoms with E-state index in [0.29, 0.717) is 16.9 Å². The second kappa shape index (κ2) is 10.3. The van der Waals surface area contributed by atoms with E-state index in [2.05, 4.69) is 20.6 Å². The first kappa shape index (κ1) is 27.5. The SMILES string of the molecule is Cc1ccncc1-c1cc(NC(=O)OC(C)(C)C)c2cnc(NC(=O)[C@H]3C(C)[C@@H]3COS(C)(=O)=O)cc2c1. The Morgan fingerprint density at radius 2 is 1.84 bits per heavy atom. The molecule has 3 atom stereocenters. The van der Waals surface area contributed by atoms with Gasteiger partial charge in [0.1, 0.15) is 11.4 Å². The van der Waals surface area contributed by atoms with Gasteiger partial charge in [0, 0.05) is 35.5 Å². The molecule has 0 aliphatic heterocycles. The lowest BCUT2D eigenvalue weighted by molar-refractivity contribution is -0.118. The fraction of sp³-hybridized carbons (Fsp3) is 0.407. The van der Waals surface area contributed by atoms with Crippen molar-refractivity contribution in [3.63, 3.8) is 0 Å². The van der Waals surface area contributed by atoms with Crippen LogP contribution in [0.15, 0.2) is 42.9 Å². The predicted octanol–water partition coefficient (Wildman–Crippen LogP) is 4.75. The lowest BCUT2D eigenvalue weighted by Crippen LogP contribution is -2.27. The standard InChI is InChI=1S/C27H32N4O6S/c1-15-7-8-28-12-19(15)17-9-18-11-23(31-25(32)24-16(2)21(24)14-36-38(6,34)35)29-13-20(18)22(10-17)30-26(33)37-27(3,4)5/h7-13,16,21,24H,14H2,1-6H3,(H,30,33)(H,29,31,32)/t16?,21-,24-/m0/s1. The number of anilines is 2. The van der Waals surface area contributed by atoms with E-state index in [1.54, 1.807) is 45.4 Å². The maximum absolute atomic E-state index is 12.9. The number of carbonyl (C=O) groups is 2. The first-order valence-electron chi connectivity index (χ1n) is 12.2. The number of aryl methyl sites for hydroxylation is 1. The average Bonchev–Trinajstić information content (AvgIpc) is 3.45. The van der Waals surface area contributed by atoms with Gasteiger partial charge >= 0.3 is 6.09 Å². The molecule has 1 fully saturated rings. The number of amides is 2. The van der Waals surface area contributed by atoms with Gasteiger partial charge in [-0.25, -0.2) is 9.78 Å². The predicted molar refractivity (Wildman–Crippen MR) is 145 cm³/mol. The quantitative estimate of drug-likeness (QED) is 0.410. The van der Waals surface area contributed by atoms with Crippen molar-refractivity contribution in [1.29, 1.82) is 0 Å². The van der Waals surface area contributed by atoms with Crippen LogP contribution in [0.4, 0.5) is 16.3 Å². The van der Waals surface area contributed by atoms with Gasteiger partial charge in [-0.05, 0) is 80.3 Å². The van der Waals surface area contributed by atoms with Crippen molar-refractivity contribution in [3.8, 4) is 11.1 Å². The molecule has 2 aromatic heterocycles. The Labute approximate surface area is 222 Å². The van der Waals surface area contributed by atoms with Crippen molar-refractivity contribution in [2.45, 2.75) is 40.2 Å². The van der Waals surface area contributed by atoms with Gasteiger partial charge in [0.25, 0.3) is 10.1 Å². The third-order valence-corrected chi connectivity index (χ3v) is 6.98. The molecule has 3 aromatic rings. The molecule has 2 N–H and O–H groups in total. The van der Waals surface area contributed by atoms with E-state index < -0.39 is 21.8 Å². The van der Waals surface area contributed by atoms with Gasteiger partial charge in [0.2, 0.25) is 5.91 Å². The van der Waals surface area contributed by atoms with Crippen LogP contribution in [0.1, 0.15) is 33.3 Å². The van der Waals surface area contributed by atoms with Gasteiger partial charge in [-0.1, -0.05) is 6.92 Å². The van der Waals surface area contributed by atoms with Crippen molar-refractivity contribution in [2.75, 3.05) is 23.5 Å². The summed E-state index contributed by atoms with van der Waals surface area (Å²) in [4.78, 5) is 34.1. The molecule has 0 bridgehead atoms. The van der Waals surface area contributed by atoms with Crippen molar-refractivity contribution in [3.05, 3.63) is 48.4 Å². The second-order valence-corrected chi connectivity index (χ2v) is 12.3. The fourth-order valence-electron chi connectivity index (χ4n) is 4.41. The highest BCUT2D eigenvalue weighted by molar-refractivity contribution is 7.85. The van der Waals surface area contributed by atoms with Gasteiger partial charge in [-0.3, -0.25) is 19.3 Å². The molecule has 38 heavy (non-hydrogen) atoms. The minimum atomic E-state index is -3.58. The second-order valence-electron chi connectivity index (χ2n) is 10.7. The van der Waals surface area contributed by atoms with E-state index in [-0.39, 0.29) is 30.3 Å². The lowest BCUT2D eigenvalue weighted by Gasteiger charge is -2.20. The molecule has 2 heterocycles. The van der Waals surface area contributed by atoms with Crippen LogP contribution in [0.5, 0.6) is 0 Å². The van der Waals surface area contributed by atoms with Crippen molar-refractivity contribution in [2.24, 2.45) is 17.8 Å². The minimum Gasteiger partial charge on any atom is -0.444 e. The number of ether oxygens (including phenoxy) is 1. The van der Waals surface area contributed by atoms with Crippen molar-refractivity contribution in [1.82, 2.24) is 9.97 Å². The van der Waals surface area contributed by atoms with Crippen LogP contribution in [0.25, 0.3) is 21.9 Å². The molecule has 1 aliphatic rings. The Morgan fingerprint density at radius 3 is 2.50 bits per heavy atom. The summed E-state index contributed by atoms with van der Waals surface area (Å²) < 4.78 is 32.9. The normalized spacial score (nSPS) is 19.2. The van der Waals surface area contributed by atoms with E-state index in [9.17, 15) is 18.0 Å². The first-order chi connectivity index (χ1) is 17.7. The third-order valence-electron chi connectivity index (χ3n) is 6.41. The summed E-state index contributed by atoms with van der Waals surface area (Å²) in [6.07, 6.45) is 5.44. The Balaban J connectivity index is 1.63. The molecule has 1 aliphatic carbocycles. The zero-order valence-corrected chi connectivity index (χ0v) is 23.0. The highest BCUT2D eigenvalue weighted by Gasteiger charge is 2.52. The Morgan fingerprint density at radius 1 is 1.11 bits per heavy atom. The van der Waals surface area contributed by atoms with Crippen molar-refractivity contribution >= 4 is 44.4 Å². The number of nitrogens with one attached hydrogen (secondary N) is 2. The lowest BCUT2D eigenvalue weighted by atomic mass is 9.99. The number of pyridine rings is 2.